The summed E-state index contributed by atoms with van der Waals surface area (Å²) < 4.78 is 0. The van der Waals surface area contributed by atoms with Crippen LogP contribution in [0.5, 0.6) is 0 Å². The van der Waals surface area contributed by atoms with Crippen molar-refractivity contribution in [2.24, 2.45) is 5.84 Å². The van der Waals surface area contributed by atoms with Gasteiger partial charge < -0.3 is 0 Å². The van der Waals surface area contributed by atoms with Gasteiger partial charge in [0.1, 0.15) is 0 Å². The molecule has 0 aliphatic carbocycles. The number of rotatable bonds is 2. The van der Waals surface area contributed by atoms with E-state index in [1.54, 1.807) is 5.01 Å². The number of hydrogen-bond donors (Lipinski definition) is 3. The van der Waals surface area contributed by atoms with Crippen LogP contribution in [0.4, 0.5) is 0 Å². The van der Waals surface area contributed by atoms with E-state index in [-0.39, 0.29) is 0 Å². The van der Waals surface area contributed by atoms with Crippen LogP contribution in [0.25, 0.3) is 0 Å². The highest BCUT2D eigenvalue weighted by Gasteiger charge is 2.16. The summed E-state index contributed by atoms with van der Waals surface area (Å²) in [6, 6.07) is 0. The van der Waals surface area contributed by atoms with Gasteiger partial charge >= 0.3 is 0 Å². The van der Waals surface area contributed by atoms with Gasteiger partial charge in [-0.3, -0.25) is 16.5 Å². The number of nitrogens with two attached hydrogens (primary N) is 1. The summed E-state index contributed by atoms with van der Waals surface area (Å²) >= 11 is 0. The fraction of sp³-hybridized carbons (Fsp3) is 1.00. The molecule has 4 heteroatoms. The lowest BCUT2D eigenvalue weighted by Gasteiger charge is -2.33. The van der Waals surface area contributed by atoms with Crippen LogP contribution in [0.1, 0.15) is 19.8 Å². The van der Waals surface area contributed by atoms with Crippen LogP contribution in [0, 0.1) is 0 Å². The smallest absolute Gasteiger partial charge is 0.0754 e. The molecule has 1 unspecified atom stereocenters. The zero-order chi connectivity index (χ0) is 7.40. The summed E-state index contributed by atoms with van der Waals surface area (Å²) in [4.78, 5) is 0. The summed E-state index contributed by atoms with van der Waals surface area (Å²) in [5, 5.41) is 8.17. The maximum absolute atomic E-state index is 5.67. The number of nitrogens with one attached hydrogen (secondary N) is 2. The second kappa shape index (κ2) is 3.88. The Balaban J connectivity index is 2.25. The molecule has 0 radical (unpaired) electrons. The van der Waals surface area contributed by atoms with E-state index < -0.39 is 0 Å². The summed E-state index contributed by atoms with van der Waals surface area (Å²) in [5.41, 5.74) is 0. The van der Waals surface area contributed by atoms with Crippen molar-refractivity contribution < 1.29 is 0 Å². The third-order valence-corrected chi connectivity index (χ3v) is 1.72. The first-order valence-electron chi connectivity index (χ1n) is 3.80. The Hall–Kier alpha value is -0.160. The molecule has 0 spiro atoms. The monoisotopic (exact) mass is 144 g/mol. The van der Waals surface area contributed by atoms with Crippen molar-refractivity contribution in [2.75, 3.05) is 13.3 Å². The van der Waals surface area contributed by atoms with E-state index in [9.17, 15) is 0 Å². The molecule has 1 fully saturated rings. The van der Waals surface area contributed by atoms with Gasteiger partial charge in [0.15, 0.2) is 0 Å². The minimum Gasteiger partial charge on any atom is -0.291 e. The lowest BCUT2D eigenvalue weighted by molar-refractivity contribution is 0.105. The van der Waals surface area contributed by atoms with E-state index in [2.05, 4.69) is 17.6 Å². The molecule has 1 heterocycles. The van der Waals surface area contributed by atoms with Crippen LogP contribution in [0.15, 0.2) is 0 Å². The summed E-state index contributed by atoms with van der Waals surface area (Å²) in [5.74, 6) is 5.67. The molecular weight excluding hydrogens is 128 g/mol. The van der Waals surface area contributed by atoms with Crippen LogP contribution in [0.3, 0.4) is 0 Å². The van der Waals surface area contributed by atoms with Crippen molar-refractivity contribution in [3.8, 4) is 0 Å². The molecule has 1 atom stereocenters. The molecule has 1 rings (SSSR count). The van der Waals surface area contributed by atoms with Crippen LogP contribution in [-0.2, 0) is 0 Å². The van der Waals surface area contributed by atoms with Gasteiger partial charge in [0.25, 0.3) is 0 Å². The van der Waals surface area contributed by atoms with Gasteiger partial charge in [-0.2, -0.15) is 0 Å². The van der Waals surface area contributed by atoms with E-state index in [0.717, 1.165) is 19.8 Å². The molecule has 0 saturated carbocycles. The van der Waals surface area contributed by atoms with Crippen LogP contribution in [0.2, 0.25) is 0 Å². The molecule has 60 valence electrons. The van der Waals surface area contributed by atoms with Crippen molar-refractivity contribution in [3.05, 3.63) is 0 Å². The highest BCUT2D eigenvalue weighted by Crippen LogP contribution is 1.99. The standard InChI is InChI=1S/C6H16N4/c1-2-3-6-9-4-8-5-10(6)7/h6,8-9H,2-5,7H2,1H3. The molecule has 0 aromatic heterocycles. The SMILES string of the molecule is CCCC1NCNCN1N. The predicted molar refractivity (Wildman–Crippen MR) is 40.7 cm³/mol. The van der Waals surface area contributed by atoms with Crippen molar-refractivity contribution in [1.82, 2.24) is 15.6 Å². The first-order valence-corrected chi connectivity index (χ1v) is 3.80. The van der Waals surface area contributed by atoms with Gasteiger partial charge in [0.2, 0.25) is 0 Å². The fourth-order valence-electron chi connectivity index (χ4n) is 1.14. The minimum atomic E-state index is 0.367. The molecule has 0 bridgehead atoms. The van der Waals surface area contributed by atoms with Gasteiger partial charge in [0, 0.05) is 6.67 Å². The normalized spacial score (nSPS) is 28.8. The second-order valence-electron chi connectivity index (χ2n) is 2.61. The molecule has 4 N–H and O–H groups in total. The van der Waals surface area contributed by atoms with Crippen LogP contribution in [-0.4, -0.2) is 24.5 Å². The summed E-state index contributed by atoms with van der Waals surface area (Å²) in [6.07, 6.45) is 2.66. The van der Waals surface area contributed by atoms with Gasteiger partial charge in [0.05, 0.1) is 12.8 Å². The number of nitrogens with zero attached hydrogens (tertiary/aromatic N) is 1. The first kappa shape index (κ1) is 7.94. The third kappa shape index (κ3) is 1.91. The second-order valence-corrected chi connectivity index (χ2v) is 2.61. The number of hydrazine groups is 1. The quantitative estimate of drug-likeness (QED) is 0.453. The largest absolute Gasteiger partial charge is 0.291 e. The molecule has 0 aromatic rings. The first-order chi connectivity index (χ1) is 4.84. The Labute approximate surface area is 61.7 Å². The minimum absolute atomic E-state index is 0.367. The molecule has 1 aliphatic rings. The Morgan fingerprint density at radius 2 is 2.50 bits per heavy atom. The Morgan fingerprint density at radius 1 is 1.70 bits per heavy atom. The lowest BCUT2D eigenvalue weighted by atomic mass is 10.2. The molecule has 1 saturated heterocycles. The van der Waals surface area contributed by atoms with Gasteiger partial charge in [-0.1, -0.05) is 13.3 Å². The van der Waals surface area contributed by atoms with Crippen molar-refractivity contribution in [3.63, 3.8) is 0 Å². The van der Waals surface area contributed by atoms with Crippen molar-refractivity contribution in [2.45, 2.75) is 25.9 Å². The zero-order valence-corrected chi connectivity index (χ0v) is 6.43. The highest BCUT2D eigenvalue weighted by atomic mass is 15.5. The Kier molecular flexibility index (Phi) is 3.08. The fourth-order valence-corrected chi connectivity index (χ4v) is 1.14. The van der Waals surface area contributed by atoms with Crippen molar-refractivity contribution in [1.29, 1.82) is 0 Å². The van der Waals surface area contributed by atoms with E-state index in [1.165, 1.54) is 6.42 Å². The number of hydrogen-bond acceptors (Lipinski definition) is 4. The molecular formula is C6H16N4. The van der Waals surface area contributed by atoms with Crippen molar-refractivity contribution >= 4 is 0 Å². The third-order valence-electron chi connectivity index (χ3n) is 1.72. The van der Waals surface area contributed by atoms with Crippen LogP contribution >= 0.6 is 0 Å². The molecule has 1 aliphatic heterocycles. The zero-order valence-electron chi connectivity index (χ0n) is 6.43. The molecule has 10 heavy (non-hydrogen) atoms. The molecule has 4 nitrogen and oxygen atoms in total. The Bertz CT molecular complexity index is 93.7. The molecule has 0 aromatic carbocycles. The van der Waals surface area contributed by atoms with Gasteiger partial charge in [-0.15, -0.1) is 0 Å². The predicted octanol–water partition coefficient (Wildman–Crippen LogP) is -0.604. The van der Waals surface area contributed by atoms with Gasteiger partial charge in [-0.05, 0) is 6.42 Å². The Morgan fingerprint density at radius 3 is 3.10 bits per heavy atom. The van der Waals surface area contributed by atoms with E-state index in [0.29, 0.717) is 6.17 Å². The topological polar surface area (TPSA) is 53.3 Å². The van der Waals surface area contributed by atoms with E-state index in [1.807, 2.05) is 0 Å². The maximum Gasteiger partial charge on any atom is 0.0754 e. The average molecular weight is 144 g/mol. The highest BCUT2D eigenvalue weighted by molar-refractivity contribution is 4.67. The summed E-state index contributed by atoms with van der Waals surface area (Å²) in [7, 11) is 0. The van der Waals surface area contributed by atoms with Crippen LogP contribution < -0.4 is 16.5 Å². The molecule has 0 amide bonds. The van der Waals surface area contributed by atoms with Gasteiger partial charge in [-0.25, -0.2) is 5.01 Å². The van der Waals surface area contributed by atoms with E-state index in [4.69, 9.17) is 5.84 Å². The summed E-state index contributed by atoms with van der Waals surface area (Å²) in [6.45, 7) is 3.83. The maximum atomic E-state index is 5.67. The lowest BCUT2D eigenvalue weighted by Crippen LogP contribution is -2.60. The van der Waals surface area contributed by atoms with E-state index >= 15 is 0 Å². The average Bonchev–Trinajstić information content (AvgIpc) is 1.94.